The Kier molecular flexibility index (Phi) is 5.04. The number of hydrogen-bond acceptors (Lipinski definition) is 3. The number of fused-ring (bicyclic) bond motifs is 1. The third-order valence-electron chi connectivity index (χ3n) is 4.15. The molecule has 1 amide bonds. The standard InChI is InChI=1S/C20H22N2O2S/c1-5-11-22-18-16(24-4)7-6-8-17(18)25-20(22)21-19(23)15-12-13(2)9-10-14(15)3/h6-10,12H,5,11H2,1-4H3. The number of thiazole rings is 1. The van der Waals surface area contributed by atoms with Crippen LogP contribution in [0.4, 0.5) is 0 Å². The summed E-state index contributed by atoms with van der Waals surface area (Å²) in [5.74, 6) is 0.611. The van der Waals surface area contributed by atoms with Crippen LogP contribution >= 0.6 is 11.3 Å². The molecule has 3 rings (SSSR count). The average molecular weight is 354 g/mol. The molecular formula is C20H22N2O2S. The van der Waals surface area contributed by atoms with Crippen LogP contribution in [0.1, 0.15) is 34.8 Å². The second-order valence-corrected chi connectivity index (χ2v) is 7.09. The highest BCUT2D eigenvalue weighted by Gasteiger charge is 2.13. The molecule has 0 unspecified atom stereocenters. The van der Waals surface area contributed by atoms with Gasteiger partial charge >= 0.3 is 0 Å². The van der Waals surface area contributed by atoms with Gasteiger partial charge in [0, 0.05) is 12.1 Å². The van der Waals surface area contributed by atoms with Crippen molar-refractivity contribution in [3.8, 4) is 5.75 Å². The van der Waals surface area contributed by atoms with Gasteiger partial charge in [0.2, 0.25) is 0 Å². The van der Waals surface area contributed by atoms with E-state index in [4.69, 9.17) is 4.74 Å². The van der Waals surface area contributed by atoms with E-state index in [1.165, 1.54) is 11.3 Å². The molecule has 0 radical (unpaired) electrons. The number of benzene rings is 2. The van der Waals surface area contributed by atoms with Crippen LogP contribution in [0.25, 0.3) is 10.2 Å². The lowest BCUT2D eigenvalue weighted by Crippen LogP contribution is -2.17. The molecule has 130 valence electrons. The van der Waals surface area contributed by atoms with Gasteiger partial charge in [-0.25, -0.2) is 0 Å². The first-order valence-electron chi connectivity index (χ1n) is 8.37. The summed E-state index contributed by atoms with van der Waals surface area (Å²) in [6.45, 7) is 6.83. The zero-order valence-corrected chi connectivity index (χ0v) is 15.8. The first-order valence-corrected chi connectivity index (χ1v) is 9.19. The smallest absolute Gasteiger partial charge is 0.279 e. The van der Waals surface area contributed by atoms with Crippen molar-refractivity contribution in [2.75, 3.05) is 7.11 Å². The van der Waals surface area contributed by atoms with Crippen molar-refractivity contribution in [3.05, 3.63) is 57.9 Å². The van der Waals surface area contributed by atoms with Gasteiger partial charge in [0.25, 0.3) is 5.91 Å². The predicted molar refractivity (Wildman–Crippen MR) is 102 cm³/mol. The molecule has 0 fully saturated rings. The molecule has 0 saturated carbocycles. The van der Waals surface area contributed by atoms with E-state index in [1.54, 1.807) is 7.11 Å². The first kappa shape index (κ1) is 17.4. The van der Waals surface area contributed by atoms with E-state index in [9.17, 15) is 4.79 Å². The number of methoxy groups -OCH3 is 1. The molecule has 0 atom stereocenters. The van der Waals surface area contributed by atoms with Crippen LogP contribution in [-0.4, -0.2) is 17.6 Å². The fraction of sp³-hybridized carbons (Fsp3) is 0.300. The number of hydrogen-bond donors (Lipinski definition) is 0. The zero-order valence-electron chi connectivity index (χ0n) is 15.0. The van der Waals surface area contributed by atoms with Crippen molar-refractivity contribution in [1.82, 2.24) is 4.57 Å². The third-order valence-corrected chi connectivity index (χ3v) is 5.20. The Morgan fingerprint density at radius 3 is 2.76 bits per heavy atom. The molecule has 0 aliphatic rings. The van der Waals surface area contributed by atoms with E-state index in [2.05, 4.69) is 16.5 Å². The first-order chi connectivity index (χ1) is 12.0. The highest BCUT2D eigenvalue weighted by molar-refractivity contribution is 7.16. The summed E-state index contributed by atoms with van der Waals surface area (Å²) in [4.78, 5) is 17.9. The molecule has 1 aromatic heterocycles. The van der Waals surface area contributed by atoms with Gasteiger partial charge < -0.3 is 9.30 Å². The van der Waals surface area contributed by atoms with Crippen LogP contribution in [0, 0.1) is 13.8 Å². The Balaban J connectivity index is 2.20. The molecule has 0 bridgehead atoms. The number of ether oxygens (including phenoxy) is 1. The second kappa shape index (κ2) is 7.23. The van der Waals surface area contributed by atoms with Gasteiger partial charge in [-0.2, -0.15) is 4.99 Å². The Hall–Kier alpha value is -2.40. The van der Waals surface area contributed by atoms with Crippen LogP contribution in [-0.2, 0) is 6.54 Å². The summed E-state index contributed by atoms with van der Waals surface area (Å²) in [5.41, 5.74) is 3.67. The van der Waals surface area contributed by atoms with E-state index in [-0.39, 0.29) is 5.91 Å². The van der Waals surface area contributed by atoms with Crippen LogP contribution < -0.4 is 9.54 Å². The number of para-hydroxylation sites is 1. The fourth-order valence-corrected chi connectivity index (χ4v) is 3.96. The molecule has 0 N–H and O–H groups in total. The predicted octanol–water partition coefficient (Wildman–Crippen LogP) is 4.48. The highest BCUT2D eigenvalue weighted by atomic mass is 32.1. The maximum absolute atomic E-state index is 12.8. The lowest BCUT2D eigenvalue weighted by Gasteiger charge is -2.07. The van der Waals surface area contributed by atoms with Crippen LogP contribution in [0.15, 0.2) is 41.4 Å². The van der Waals surface area contributed by atoms with E-state index < -0.39 is 0 Å². The number of aromatic nitrogens is 1. The number of nitrogens with zero attached hydrogens (tertiary/aromatic N) is 2. The van der Waals surface area contributed by atoms with Crippen molar-refractivity contribution in [3.63, 3.8) is 0 Å². The van der Waals surface area contributed by atoms with Gasteiger partial charge in [0.05, 0.1) is 11.8 Å². The van der Waals surface area contributed by atoms with Crippen molar-refractivity contribution in [1.29, 1.82) is 0 Å². The molecule has 0 saturated heterocycles. The largest absolute Gasteiger partial charge is 0.495 e. The molecule has 3 aromatic rings. The summed E-state index contributed by atoms with van der Waals surface area (Å²) in [7, 11) is 1.67. The molecule has 2 aromatic carbocycles. The maximum Gasteiger partial charge on any atom is 0.279 e. The molecule has 1 heterocycles. The number of carbonyl (C=O) groups excluding carboxylic acids is 1. The van der Waals surface area contributed by atoms with E-state index >= 15 is 0 Å². The topological polar surface area (TPSA) is 43.6 Å². The molecule has 0 aliphatic heterocycles. The SMILES string of the molecule is CCCn1c(=NC(=O)c2cc(C)ccc2C)sc2cccc(OC)c21. The number of aryl methyl sites for hydroxylation is 3. The number of carbonyl (C=O) groups is 1. The monoisotopic (exact) mass is 354 g/mol. The summed E-state index contributed by atoms with van der Waals surface area (Å²) >= 11 is 1.52. The zero-order chi connectivity index (χ0) is 18.0. The molecule has 25 heavy (non-hydrogen) atoms. The van der Waals surface area contributed by atoms with E-state index in [0.29, 0.717) is 10.4 Å². The molecular weight excluding hydrogens is 332 g/mol. The molecule has 5 heteroatoms. The van der Waals surface area contributed by atoms with Gasteiger partial charge in [0.15, 0.2) is 4.80 Å². The van der Waals surface area contributed by atoms with E-state index in [0.717, 1.165) is 40.1 Å². The van der Waals surface area contributed by atoms with Crippen molar-refractivity contribution in [2.45, 2.75) is 33.7 Å². The van der Waals surface area contributed by atoms with E-state index in [1.807, 2.05) is 50.2 Å². The third kappa shape index (κ3) is 3.37. The lowest BCUT2D eigenvalue weighted by atomic mass is 10.1. The minimum absolute atomic E-state index is 0.198. The van der Waals surface area contributed by atoms with Crippen LogP contribution in [0.5, 0.6) is 5.75 Å². The Morgan fingerprint density at radius 2 is 2.04 bits per heavy atom. The maximum atomic E-state index is 12.8. The summed E-state index contributed by atoms with van der Waals surface area (Å²) < 4.78 is 8.67. The second-order valence-electron chi connectivity index (χ2n) is 6.08. The summed E-state index contributed by atoms with van der Waals surface area (Å²) in [5, 5.41) is 0. The Bertz CT molecular complexity index is 999. The Morgan fingerprint density at radius 1 is 1.24 bits per heavy atom. The van der Waals surface area contributed by atoms with Gasteiger partial charge in [0.1, 0.15) is 11.3 Å². The van der Waals surface area contributed by atoms with Crippen molar-refractivity contribution in [2.24, 2.45) is 4.99 Å². The average Bonchev–Trinajstić information content (AvgIpc) is 2.94. The lowest BCUT2D eigenvalue weighted by molar-refractivity contribution is 0.0997. The Labute approximate surface area is 151 Å². The molecule has 0 aliphatic carbocycles. The van der Waals surface area contributed by atoms with Gasteiger partial charge in [-0.05, 0) is 44.0 Å². The van der Waals surface area contributed by atoms with Crippen LogP contribution in [0.2, 0.25) is 0 Å². The molecule has 4 nitrogen and oxygen atoms in total. The van der Waals surface area contributed by atoms with Crippen LogP contribution in [0.3, 0.4) is 0 Å². The normalized spacial score (nSPS) is 11.9. The minimum Gasteiger partial charge on any atom is -0.495 e. The number of amides is 1. The quantitative estimate of drug-likeness (QED) is 0.693. The van der Waals surface area contributed by atoms with Gasteiger partial charge in [-0.3, -0.25) is 4.79 Å². The fourth-order valence-electron chi connectivity index (χ4n) is 2.89. The minimum atomic E-state index is -0.198. The molecule has 0 spiro atoms. The van der Waals surface area contributed by atoms with Gasteiger partial charge in [-0.1, -0.05) is 42.0 Å². The van der Waals surface area contributed by atoms with Crippen molar-refractivity contribution >= 4 is 27.5 Å². The number of rotatable bonds is 4. The summed E-state index contributed by atoms with van der Waals surface area (Å²) in [6, 6.07) is 11.8. The highest BCUT2D eigenvalue weighted by Crippen LogP contribution is 2.27. The summed E-state index contributed by atoms with van der Waals surface area (Å²) in [6.07, 6.45) is 0.953. The van der Waals surface area contributed by atoms with Crippen molar-refractivity contribution < 1.29 is 9.53 Å². The van der Waals surface area contributed by atoms with Gasteiger partial charge in [-0.15, -0.1) is 0 Å².